The van der Waals surface area contributed by atoms with Crippen LogP contribution in [-0.2, 0) is 0 Å². The van der Waals surface area contributed by atoms with Gasteiger partial charge in [-0.2, -0.15) is 0 Å². The highest BCUT2D eigenvalue weighted by Crippen LogP contribution is 2.30. The summed E-state index contributed by atoms with van der Waals surface area (Å²) in [6.45, 7) is 1.60. The highest BCUT2D eigenvalue weighted by Gasteiger charge is 2.13. The number of hydrogen-bond acceptors (Lipinski definition) is 2. The van der Waals surface area contributed by atoms with Crippen molar-refractivity contribution >= 4 is 16.7 Å². The van der Waals surface area contributed by atoms with Gasteiger partial charge in [-0.05, 0) is 18.4 Å². The number of phenolic OH excluding ortho intramolecular Hbond substituents is 1. The molecule has 0 aliphatic rings. The Morgan fingerprint density at radius 3 is 2.60 bits per heavy atom. The molecule has 0 spiro atoms. The molecule has 0 aromatic heterocycles. The molecule has 3 nitrogen and oxygen atoms in total. The molecule has 0 bridgehead atoms. The number of aromatic carboxylic acids is 1. The fraction of sp³-hybridized carbons (Fsp3) is 0.0833. The first-order chi connectivity index (χ1) is 7.11. The van der Waals surface area contributed by atoms with Crippen LogP contribution in [0.2, 0.25) is 0 Å². The second-order valence-corrected chi connectivity index (χ2v) is 3.42. The SMILES string of the molecule is Cc1c(C(=O)O)cc2ccccc2c1O. The van der Waals surface area contributed by atoms with E-state index in [9.17, 15) is 9.90 Å². The lowest BCUT2D eigenvalue weighted by atomic mass is 10.0. The van der Waals surface area contributed by atoms with Gasteiger partial charge in [-0.25, -0.2) is 4.79 Å². The predicted molar refractivity (Wildman–Crippen MR) is 57.3 cm³/mol. The summed E-state index contributed by atoms with van der Waals surface area (Å²) in [6, 6.07) is 8.74. The maximum Gasteiger partial charge on any atom is 0.336 e. The molecular formula is C12H10O3. The summed E-state index contributed by atoms with van der Waals surface area (Å²) >= 11 is 0. The van der Waals surface area contributed by atoms with Crippen LogP contribution in [0.3, 0.4) is 0 Å². The molecule has 76 valence electrons. The molecule has 0 aliphatic carbocycles. The standard InChI is InChI=1S/C12H10O3/c1-7-10(12(14)15)6-8-4-2-3-5-9(8)11(7)13/h2-6,13H,1H3,(H,14,15). The third-order valence-electron chi connectivity index (χ3n) is 2.51. The summed E-state index contributed by atoms with van der Waals surface area (Å²) in [7, 11) is 0. The zero-order valence-corrected chi connectivity index (χ0v) is 8.19. The lowest BCUT2D eigenvalue weighted by Crippen LogP contribution is -1.99. The van der Waals surface area contributed by atoms with Gasteiger partial charge < -0.3 is 10.2 Å². The summed E-state index contributed by atoms with van der Waals surface area (Å²) in [5.41, 5.74) is 0.549. The Labute approximate surface area is 86.6 Å². The molecule has 2 N–H and O–H groups in total. The second-order valence-electron chi connectivity index (χ2n) is 3.42. The predicted octanol–water partition coefficient (Wildman–Crippen LogP) is 2.55. The fourth-order valence-electron chi connectivity index (χ4n) is 1.65. The number of benzene rings is 2. The first-order valence-corrected chi connectivity index (χ1v) is 4.56. The van der Waals surface area contributed by atoms with Gasteiger partial charge in [0, 0.05) is 10.9 Å². The zero-order valence-electron chi connectivity index (χ0n) is 8.19. The fourth-order valence-corrected chi connectivity index (χ4v) is 1.65. The molecule has 15 heavy (non-hydrogen) atoms. The number of carbonyl (C=O) groups is 1. The van der Waals surface area contributed by atoms with E-state index in [2.05, 4.69) is 0 Å². The van der Waals surface area contributed by atoms with Gasteiger partial charge in [-0.1, -0.05) is 24.3 Å². The lowest BCUT2D eigenvalue weighted by Gasteiger charge is -2.07. The van der Waals surface area contributed by atoms with Gasteiger partial charge in [0.25, 0.3) is 0 Å². The Morgan fingerprint density at radius 2 is 1.93 bits per heavy atom. The molecule has 0 unspecified atom stereocenters. The van der Waals surface area contributed by atoms with E-state index in [0.717, 1.165) is 5.39 Å². The van der Waals surface area contributed by atoms with Gasteiger partial charge in [0.2, 0.25) is 0 Å². The molecule has 2 aromatic rings. The van der Waals surface area contributed by atoms with E-state index in [1.54, 1.807) is 25.1 Å². The monoisotopic (exact) mass is 202 g/mol. The summed E-state index contributed by atoms with van der Waals surface area (Å²) in [5, 5.41) is 20.2. The quantitative estimate of drug-likeness (QED) is 0.747. The van der Waals surface area contributed by atoms with E-state index in [4.69, 9.17) is 5.11 Å². The van der Waals surface area contributed by atoms with Crippen molar-refractivity contribution in [3.8, 4) is 5.75 Å². The smallest absolute Gasteiger partial charge is 0.336 e. The molecule has 2 rings (SSSR count). The van der Waals surface area contributed by atoms with Gasteiger partial charge in [0.1, 0.15) is 5.75 Å². The number of fused-ring (bicyclic) bond motifs is 1. The molecule has 3 heteroatoms. The molecule has 0 aliphatic heterocycles. The van der Waals surface area contributed by atoms with Crippen molar-refractivity contribution < 1.29 is 15.0 Å². The Morgan fingerprint density at radius 1 is 1.27 bits per heavy atom. The van der Waals surface area contributed by atoms with Gasteiger partial charge in [-0.3, -0.25) is 0 Å². The van der Waals surface area contributed by atoms with Crippen LogP contribution in [0, 0.1) is 6.92 Å². The first kappa shape index (κ1) is 9.52. The van der Waals surface area contributed by atoms with Gasteiger partial charge in [0.15, 0.2) is 0 Å². The summed E-state index contributed by atoms with van der Waals surface area (Å²) < 4.78 is 0. The normalized spacial score (nSPS) is 10.5. The van der Waals surface area contributed by atoms with Crippen LogP contribution in [0.15, 0.2) is 30.3 Å². The average Bonchev–Trinajstić information content (AvgIpc) is 2.23. The van der Waals surface area contributed by atoms with Crippen LogP contribution in [0.25, 0.3) is 10.8 Å². The summed E-state index contributed by atoms with van der Waals surface area (Å²) in [5.74, 6) is -0.973. The Balaban J connectivity index is 2.88. The van der Waals surface area contributed by atoms with Crippen LogP contribution in [-0.4, -0.2) is 16.2 Å². The van der Waals surface area contributed by atoms with E-state index in [0.29, 0.717) is 10.9 Å². The average molecular weight is 202 g/mol. The number of phenols is 1. The third-order valence-corrected chi connectivity index (χ3v) is 2.51. The van der Waals surface area contributed by atoms with E-state index in [1.165, 1.54) is 0 Å². The Kier molecular flexibility index (Phi) is 2.08. The van der Waals surface area contributed by atoms with Crippen LogP contribution in [0.5, 0.6) is 5.75 Å². The highest BCUT2D eigenvalue weighted by molar-refractivity contribution is 5.99. The molecular weight excluding hydrogens is 192 g/mol. The van der Waals surface area contributed by atoms with Crippen molar-refractivity contribution in [2.24, 2.45) is 0 Å². The molecule has 0 amide bonds. The lowest BCUT2D eigenvalue weighted by molar-refractivity contribution is 0.0696. The van der Waals surface area contributed by atoms with Gasteiger partial charge in [-0.15, -0.1) is 0 Å². The van der Waals surface area contributed by atoms with Crippen LogP contribution >= 0.6 is 0 Å². The van der Waals surface area contributed by atoms with Crippen LogP contribution in [0.1, 0.15) is 15.9 Å². The molecule has 0 heterocycles. The second kappa shape index (κ2) is 3.28. The number of hydrogen-bond donors (Lipinski definition) is 2. The molecule has 0 radical (unpaired) electrons. The minimum Gasteiger partial charge on any atom is -0.507 e. The Bertz CT molecular complexity index is 544. The zero-order chi connectivity index (χ0) is 11.0. The van der Waals surface area contributed by atoms with Crippen molar-refractivity contribution in [3.63, 3.8) is 0 Å². The topological polar surface area (TPSA) is 57.5 Å². The van der Waals surface area contributed by atoms with E-state index in [1.807, 2.05) is 12.1 Å². The summed E-state index contributed by atoms with van der Waals surface area (Å²) in [6.07, 6.45) is 0. The van der Waals surface area contributed by atoms with E-state index >= 15 is 0 Å². The molecule has 0 saturated carbocycles. The van der Waals surface area contributed by atoms with Crippen molar-refractivity contribution in [3.05, 3.63) is 41.5 Å². The minimum absolute atomic E-state index is 0.0468. The summed E-state index contributed by atoms with van der Waals surface area (Å²) in [4.78, 5) is 10.9. The number of aromatic hydroxyl groups is 1. The van der Waals surface area contributed by atoms with Gasteiger partial charge in [0.05, 0.1) is 5.56 Å². The van der Waals surface area contributed by atoms with E-state index < -0.39 is 5.97 Å². The molecule has 0 saturated heterocycles. The Hall–Kier alpha value is -2.03. The molecule has 0 fully saturated rings. The highest BCUT2D eigenvalue weighted by atomic mass is 16.4. The van der Waals surface area contributed by atoms with Crippen LogP contribution < -0.4 is 0 Å². The van der Waals surface area contributed by atoms with Crippen molar-refractivity contribution in [1.82, 2.24) is 0 Å². The number of carboxylic acid groups (broad SMARTS) is 1. The molecule has 0 atom stereocenters. The maximum atomic E-state index is 10.9. The van der Waals surface area contributed by atoms with Crippen LogP contribution in [0.4, 0.5) is 0 Å². The van der Waals surface area contributed by atoms with E-state index in [-0.39, 0.29) is 11.3 Å². The van der Waals surface area contributed by atoms with Gasteiger partial charge >= 0.3 is 5.97 Å². The third kappa shape index (κ3) is 1.42. The van der Waals surface area contributed by atoms with Crippen molar-refractivity contribution in [1.29, 1.82) is 0 Å². The minimum atomic E-state index is -1.02. The first-order valence-electron chi connectivity index (χ1n) is 4.56. The van der Waals surface area contributed by atoms with Crippen molar-refractivity contribution in [2.75, 3.05) is 0 Å². The van der Waals surface area contributed by atoms with Crippen molar-refractivity contribution in [2.45, 2.75) is 6.92 Å². The number of rotatable bonds is 1. The largest absolute Gasteiger partial charge is 0.507 e. The number of carboxylic acids is 1. The maximum absolute atomic E-state index is 10.9. The molecule has 2 aromatic carbocycles.